The van der Waals surface area contributed by atoms with Crippen LogP contribution < -0.4 is 16.4 Å². The first-order valence-electron chi connectivity index (χ1n) is 4.22. The van der Waals surface area contributed by atoms with Crippen LogP contribution in [0.3, 0.4) is 0 Å². The van der Waals surface area contributed by atoms with Crippen molar-refractivity contribution in [3.63, 3.8) is 0 Å². The number of nitrogens with one attached hydrogen (secondary N) is 2. The summed E-state index contributed by atoms with van der Waals surface area (Å²) in [5.74, 6) is 0. The second-order valence-corrected chi connectivity index (χ2v) is 5.09. The lowest BCUT2D eigenvalue weighted by molar-refractivity contribution is 0.252. The van der Waals surface area contributed by atoms with Crippen molar-refractivity contribution in [1.29, 1.82) is 0 Å². The predicted octanol–water partition coefficient (Wildman–Crippen LogP) is 1.98. The van der Waals surface area contributed by atoms with Crippen molar-refractivity contribution >= 4 is 38.3 Å². The molecule has 0 radical (unpaired) electrons. The zero-order chi connectivity index (χ0) is 10.4. The summed E-state index contributed by atoms with van der Waals surface area (Å²) in [6.07, 6.45) is 0.793. The average Bonchev–Trinajstić information content (AvgIpc) is 2.52. The van der Waals surface area contributed by atoms with Gasteiger partial charge in [-0.2, -0.15) is 0 Å². The molecule has 0 spiro atoms. The number of urea groups is 1. The average molecular weight is 278 g/mol. The molecule has 4 nitrogen and oxygen atoms in total. The summed E-state index contributed by atoms with van der Waals surface area (Å²) < 4.78 is 0.995. The minimum Gasteiger partial charge on any atom is -0.338 e. The smallest absolute Gasteiger partial charge is 0.319 e. The van der Waals surface area contributed by atoms with Crippen molar-refractivity contribution in [2.24, 2.45) is 5.73 Å². The van der Waals surface area contributed by atoms with Crippen LogP contribution in [-0.4, -0.2) is 19.1 Å². The number of amides is 2. The monoisotopic (exact) mass is 277 g/mol. The van der Waals surface area contributed by atoms with E-state index in [1.807, 2.05) is 12.1 Å². The van der Waals surface area contributed by atoms with E-state index in [0.717, 1.165) is 15.2 Å². The molecule has 0 saturated heterocycles. The van der Waals surface area contributed by atoms with Gasteiger partial charge in [-0.15, -0.1) is 11.3 Å². The van der Waals surface area contributed by atoms with Gasteiger partial charge in [0.05, 0.1) is 8.79 Å². The van der Waals surface area contributed by atoms with E-state index in [4.69, 9.17) is 5.73 Å². The summed E-state index contributed by atoms with van der Waals surface area (Å²) in [5, 5.41) is 6.24. The van der Waals surface area contributed by atoms with Crippen LogP contribution >= 0.6 is 27.3 Å². The Bertz CT molecular complexity index is 303. The number of carbonyl (C=O) groups is 1. The molecule has 0 saturated carbocycles. The van der Waals surface area contributed by atoms with E-state index in [1.54, 1.807) is 0 Å². The summed E-state index contributed by atoms with van der Waals surface area (Å²) >= 11 is 4.79. The maximum atomic E-state index is 11.2. The van der Waals surface area contributed by atoms with Gasteiger partial charge < -0.3 is 11.1 Å². The van der Waals surface area contributed by atoms with Crippen molar-refractivity contribution < 1.29 is 4.79 Å². The number of hydrogen-bond acceptors (Lipinski definition) is 3. The van der Waals surface area contributed by atoms with E-state index in [1.165, 1.54) is 11.3 Å². The Morgan fingerprint density at radius 2 is 2.36 bits per heavy atom. The summed E-state index contributed by atoms with van der Waals surface area (Å²) in [6, 6.07) is 3.55. The molecule has 78 valence electrons. The first kappa shape index (κ1) is 11.5. The fraction of sp³-hybridized carbons (Fsp3) is 0.375. The van der Waals surface area contributed by atoms with Crippen molar-refractivity contribution in [3.05, 3.63) is 15.9 Å². The van der Waals surface area contributed by atoms with Crippen molar-refractivity contribution in [3.8, 4) is 0 Å². The van der Waals surface area contributed by atoms with Crippen LogP contribution in [0.4, 0.5) is 9.80 Å². The maximum Gasteiger partial charge on any atom is 0.319 e. The molecule has 1 aromatic rings. The Balaban J connectivity index is 2.27. The largest absolute Gasteiger partial charge is 0.338 e. The summed E-state index contributed by atoms with van der Waals surface area (Å²) in [5.41, 5.74) is 5.29. The van der Waals surface area contributed by atoms with Gasteiger partial charge in [0.25, 0.3) is 0 Å². The normalized spacial score (nSPS) is 9.86. The lowest BCUT2D eigenvalue weighted by atomic mass is 10.4. The molecule has 4 N–H and O–H groups in total. The number of nitrogens with two attached hydrogens (primary N) is 1. The molecule has 0 fully saturated rings. The van der Waals surface area contributed by atoms with E-state index >= 15 is 0 Å². The van der Waals surface area contributed by atoms with E-state index in [-0.39, 0.29) is 6.03 Å². The zero-order valence-electron chi connectivity index (χ0n) is 7.55. The van der Waals surface area contributed by atoms with Crippen LogP contribution in [0.25, 0.3) is 0 Å². The van der Waals surface area contributed by atoms with Crippen LogP contribution in [0.1, 0.15) is 6.42 Å². The molecule has 0 atom stereocenters. The highest BCUT2D eigenvalue weighted by Gasteiger charge is 2.02. The lowest BCUT2D eigenvalue weighted by Crippen LogP contribution is -2.30. The van der Waals surface area contributed by atoms with Gasteiger partial charge in [0.1, 0.15) is 0 Å². The zero-order valence-corrected chi connectivity index (χ0v) is 9.95. The van der Waals surface area contributed by atoms with E-state index in [9.17, 15) is 4.79 Å². The maximum absolute atomic E-state index is 11.2. The van der Waals surface area contributed by atoms with Crippen LogP contribution in [0.5, 0.6) is 0 Å². The first-order valence-corrected chi connectivity index (χ1v) is 5.83. The SMILES string of the molecule is NCCCNC(=O)Nc1ccc(Br)s1. The molecule has 6 heteroatoms. The van der Waals surface area contributed by atoms with Gasteiger partial charge in [-0.05, 0) is 41.0 Å². The summed E-state index contributed by atoms with van der Waals surface area (Å²) in [6.45, 7) is 1.19. The number of carbonyl (C=O) groups excluding carboxylic acids is 1. The third kappa shape index (κ3) is 4.08. The second-order valence-electron chi connectivity index (χ2n) is 2.63. The molecule has 1 rings (SSSR count). The Kier molecular flexibility index (Phi) is 4.92. The molecule has 0 aromatic carbocycles. The molecular weight excluding hydrogens is 266 g/mol. The molecule has 14 heavy (non-hydrogen) atoms. The summed E-state index contributed by atoms with van der Waals surface area (Å²) in [4.78, 5) is 11.2. The molecule has 0 bridgehead atoms. The topological polar surface area (TPSA) is 67.1 Å². The highest BCUT2D eigenvalue weighted by Crippen LogP contribution is 2.26. The van der Waals surface area contributed by atoms with Crippen LogP contribution in [0.15, 0.2) is 15.9 Å². The molecule has 0 aliphatic carbocycles. The van der Waals surface area contributed by atoms with Gasteiger partial charge in [-0.25, -0.2) is 4.79 Å². The Morgan fingerprint density at radius 1 is 1.57 bits per heavy atom. The fourth-order valence-corrected chi connectivity index (χ4v) is 2.12. The van der Waals surface area contributed by atoms with E-state index < -0.39 is 0 Å². The Hall–Kier alpha value is -0.590. The standard InChI is InChI=1S/C8H12BrN3OS/c9-6-2-3-7(14-6)12-8(13)11-5-1-4-10/h2-3H,1,4-5,10H2,(H2,11,12,13). The third-order valence-electron chi connectivity index (χ3n) is 1.48. The number of anilines is 1. The van der Waals surface area contributed by atoms with Crippen molar-refractivity contribution in [2.45, 2.75) is 6.42 Å². The lowest BCUT2D eigenvalue weighted by Gasteiger charge is -2.04. The highest BCUT2D eigenvalue weighted by molar-refractivity contribution is 9.11. The first-order chi connectivity index (χ1) is 6.72. The van der Waals surface area contributed by atoms with Crippen LogP contribution in [0, 0.1) is 0 Å². The molecule has 0 aliphatic rings. The second kappa shape index (κ2) is 6.00. The van der Waals surface area contributed by atoms with Gasteiger partial charge in [0, 0.05) is 6.54 Å². The Labute approximate surface area is 95.0 Å². The number of thiophene rings is 1. The highest BCUT2D eigenvalue weighted by atomic mass is 79.9. The van der Waals surface area contributed by atoms with Crippen molar-refractivity contribution in [2.75, 3.05) is 18.4 Å². The molecule has 1 heterocycles. The minimum absolute atomic E-state index is 0.187. The summed E-state index contributed by atoms with van der Waals surface area (Å²) in [7, 11) is 0. The van der Waals surface area contributed by atoms with Gasteiger partial charge in [-0.1, -0.05) is 0 Å². The molecular formula is C8H12BrN3OS. The minimum atomic E-state index is -0.187. The number of halogens is 1. The predicted molar refractivity (Wildman–Crippen MR) is 62.7 cm³/mol. The third-order valence-corrected chi connectivity index (χ3v) is 3.02. The van der Waals surface area contributed by atoms with Crippen LogP contribution in [-0.2, 0) is 0 Å². The van der Waals surface area contributed by atoms with Crippen molar-refractivity contribution in [1.82, 2.24) is 5.32 Å². The molecule has 2 amide bonds. The Morgan fingerprint density at radius 3 is 2.93 bits per heavy atom. The van der Waals surface area contributed by atoms with Gasteiger partial charge in [0.2, 0.25) is 0 Å². The van der Waals surface area contributed by atoms with E-state index in [2.05, 4.69) is 26.6 Å². The molecule has 1 aromatic heterocycles. The van der Waals surface area contributed by atoms with E-state index in [0.29, 0.717) is 13.1 Å². The number of rotatable bonds is 4. The molecule has 0 unspecified atom stereocenters. The quantitative estimate of drug-likeness (QED) is 0.737. The molecule has 0 aliphatic heterocycles. The van der Waals surface area contributed by atoms with Gasteiger partial charge in [0.15, 0.2) is 0 Å². The van der Waals surface area contributed by atoms with Crippen LogP contribution in [0.2, 0.25) is 0 Å². The fourth-order valence-electron chi connectivity index (χ4n) is 0.842. The number of hydrogen-bond donors (Lipinski definition) is 3. The van der Waals surface area contributed by atoms with Gasteiger partial charge in [-0.3, -0.25) is 5.32 Å². The van der Waals surface area contributed by atoms with Gasteiger partial charge >= 0.3 is 6.03 Å².